The lowest BCUT2D eigenvalue weighted by Crippen LogP contribution is -2.15. The zero-order chi connectivity index (χ0) is 12.8. The number of para-hydroxylation sites is 1. The molecule has 0 heterocycles. The summed E-state index contributed by atoms with van der Waals surface area (Å²) in [5, 5.41) is 3.02. The minimum atomic E-state index is 0.107. The van der Waals surface area contributed by atoms with Gasteiger partial charge in [0, 0.05) is 12.1 Å². The smallest absolute Gasteiger partial charge is 0.224 e. The molecule has 0 radical (unpaired) electrons. The fraction of sp³-hybridized carbons (Fsp3) is 0.533. The molecule has 0 aliphatic heterocycles. The number of anilines is 1. The Morgan fingerprint density at radius 2 is 1.88 bits per heavy atom. The van der Waals surface area contributed by atoms with Crippen LogP contribution in [-0.2, 0) is 4.79 Å². The number of benzene rings is 1. The molecule has 0 saturated heterocycles. The summed E-state index contributed by atoms with van der Waals surface area (Å²) in [4.78, 5) is 11.8. The summed E-state index contributed by atoms with van der Waals surface area (Å²) < 4.78 is 0. The fourth-order valence-electron chi connectivity index (χ4n) is 1.83. The van der Waals surface area contributed by atoms with E-state index in [1.54, 1.807) is 0 Å². The van der Waals surface area contributed by atoms with E-state index in [4.69, 9.17) is 0 Å². The highest BCUT2D eigenvalue weighted by molar-refractivity contribution is 5.91. The first-order valence-electron chi connectivity index (χ1n) is 6.43. The molecule has 2 nitrogen and oxygen atoms in total. The molecule has 0 spiro atoms. The molecular formula is C15H23NO. The predicted octanol–water partition coefficient (Wildman–Crippen LogP) is 4.18. The van der Waals surface area contributed by atoms with E-state index in [-0.39, 0.29) is 5.91 Å². The molecule has 1 rings (SSSR count). The van der Waals surface area contributed by atoms with Gasteiger partial charge in [0.25, 0.3) is 0 Å². The molecule has 0 fully saturated rings. The molecule has 1 amide bonds. The van der Waals surface area contributed by atoms with Crippen molar-refractivity contribution in [2.24, 2.45) is 5.92 Å². The summed E-state index contributed by atoms with van der Waals surface area (Å²) in [6.07, 6.45) is 1.66. The van der Waals surface area contributed by atoms with Crippen LogP contribution in [0.2, 0.25) is 0 Å². The Labute approximate surface area is 104 Å². The van der Waals surface area contributed by atoms with Crippen LogP contribution in [-0.4, -0.2) is 5.91 Å². The van der Waals surface area contributed by atoms with E-state index in [1.165, 1.54) is 5.56 Å². The van der Waals surface area contributed by atoms with E-state index in [2.05, 4.69) is 39.1 Å². The van der Waals surface area contributed by atoms with Crippen molar-refractivity contribution in [1.29, 1.82) is 0 Å². The first-order valence-corrected chi connectivity index (χ1v) is 6.43. The van der Waals surface area contributed by atoms with Gasteiger partial charge in [0.2, 0.25) is 5.91 Å². The van der Waals surface area contributed by atoms with Crippen LogP contribution in [0.5, 0.6) is 0 Å². The zero-order valence-electron chi connectivity index (χ0n) is 11.3. The fourth-order valence-corrected chi connectivity index (χ4v) is 1.83. The minimum Gasteiger partial charge on any atom is -0.326 e. The van der Waals surface area contributed by atoms with Crippen LogP contribution in [0.25, 0.3) is 0 Å². The second-order valence-corrected chi connectivity index (χ2v) is 5.04. The summed E-state index contributed by atoms with van der Waals surface area (Å²) in [5.74, 6) is 0.979. The van der Waals surface area contributed by atoms with Crippen LogP contribution in [0.1, 0.15) is 52.0 Å². The number of carbonyl (C=O) groups is 1. The molecule has 0 saturated carbocycles. The molecule has 94 valence electrons. The van der Waals surface area contributed by atoms with E-state index < -0.39 is 0 Å². The van der Waals surface area contributed by atoms with Crippen LogP contribution in [0.3, 0.4) is 0 Å². The average molecular weight is 233 g/mol. The second kappa shape index (κ2) is 6.43. The SMILES string of the molecule is CC[C@@H](C)c1ccccc1NC(=O)CC(C)C. The van der Waals surface area contributed by atoms with Gasteiger partial charge in [-0.25, -0.2) is 0 Å². The Morgan fingerprint density at radius 1 is 1.24 bits per heavy atom. The third-order valence-electron chi connectivity index (χ3n) is 2.97. The van der Waals surface area contributed by atoms with Crippen LogP contribution in [0.15, 0.2) is 24.3 Å². The molecule has 1 aromatic carbocycles. The third kappa shape index (κ3) is 4.22. The van der Waals surface area contributed by atoms with E-state index in [0.717, 1.165) is 12.1 Å². The number of rotatable bonds is 5. The molecule has 2 heteroatoms. The van der Waals surface area contributed by atoms with Crippen molar-refractivity contribution in [2.45, 2.75) is 46.5 Å². The Morgan fingerprint density at radius 3 is 2.47 bits per heavy atom. The molecule has 1 N–H and O–H groups in total. The van der Waals surface area contributed by atoms with Gasteiger partial charge >= 0.3 is 0 Å². The third-order valence-corrected chi connectivity index (χ3v) is 2.97. The van der Waals surface area contributed by atoms with Gasteiger partial charge in [-0.1, -0.05) is 45.9 Å². The summed E-state index contributed by atoms with van der Waals surface area (Å²) in [5.41, 5.74) is 2.19. The molecule has 1 atom stereocenters. The summed E-state index contributed by atoms with van der Waals surface area (Å²) in [7, 11) is 0. The van der Waals surface area contributed by atoms with Gasteiger partial charge in [-0.3, -0.25) is 4.79 Å². The molecule has 0 unspecified atom stereocenters. The summed E-state index contributed by atoms with van der Waals surface area (Å²) >= 11 is 0. The van der Waals surface area contributed by atoms with E-state index in [0.29, 0.717) is 18.3 Å². The first-order chi connectivity index (χ1) is 8.04. The standard InChI is InChI=1S/C15H23NO/c1-5-12(4)13-8-6-7-9-14(13)16-15(17)10-11(2)3/h6-9,11-12H,5,10H2,1-4H3,(H,16,17)/t12-/m1/s1. The Kier molecular flexibility index (Phi) is 5.20. The van der Waals surface area contributed by atoms with Crippen LogP contribution < -0.4 is 5.32 Å². The maximum absolute atomic E-state index is 11.8. The Hall–Kier alpha value is -1.31. The highest BCUT2D eigenvalue weighted by Gasteiger charge is 2.11. The molecule has 0 bridgehead atoms. The largest absolute Gasteiger partial charge is 0.326 e. The molecule has 0 aliphatic rings. The van der Waals surface area contributed by atoms with Gasteiger partial charge in [-0.15, -0.1) is 0 Å². The maximum Gasteiger partial charge on any atom is 0.224 e. The predicted molar refractivity (Wildman–Crippen MR) is 73.2 cm³/mol. The quantitative estimate of drug-likeness (QED) is 0.812. The van der Waals surface area contributed by atoms with Gasteiger partial charge in [0.15, 0.2) is 0 Å². The highest BCUT2D eigenvalue weighted by Crippen LogP contribution is 2.26. The van der Waals surface area contributed by atoms with Crippen molar-refractivity contribution in [3.8, 4) is 0 Å². The second-order valence-electron chi connectivity index (χ2n) is 5.04. The number of hydrogen-bond donors (Lipinski definition) is 1. The molecule has 1 aromatic rings. The van der Waals surface area contributed by atoms with Gasteiger partial charge in [0.05, 0.1) is 0 Å². The van der Waals surface area contributed by atoms with Crippen molar-refractivity contribution < 1.29 is 4.79 Å². The lowest BCUT2D eigenvalue weighted by molar-refractivity contribution is -0.116. The van der Waals surface area contributed by atoms with Gasteiger partial charge in [0.1, 0.15) is 0 Å². The molecule has 17 heavy (non-hydrogen) atoms. The van der Waals surface area contributed by atoms with Gasteiger partial charge in [-0.05, 0) is 29.9 Å². The lowest BCUT2D eigenvalue weighted by Gasteiger charge is -2.16. The van der Waals surface area contributed by atoms with Crippen molar-refractivity contribution in [3.63, 3.8) is 0 Å². The maximum atomic E-state index is 11.8. The van der Waals surface area contributed by atoms with E-state index in [1.807, 2.05) is 18.2 Å². The molecule has 0 aromatic heterocycles. The number of hydrogen-bond acceptors (Lipinski definition) is 1. The average Bonchev–Trinajstić information content (AvgIpc) is 2.27. The topological polar surface area (TPSA) is 29.1 Å². The lowest BCUT2D eigenvalue weighted by atomic mass is 9.96. The minimum absolute atomic E-state index is 0.107. The van der Waals surface area contributed by atoms with Gasteiger partial charge in [-0.2, -0.15) is 0 Å². The van der Waals surface area contributed by atoms with E-state index >= 15 is 0 Å². The number of amides is 1. The zero-order valence-corrected chi connectivity index (χ0v) is 11.3. The van der Waals surface area contributed by atoms with Crippen molar-refractivity contribution in [1.82, 2.24) is 0 Å². The monoisotopic (exact) mass is 233 g/mol. The van der Waals surface area contributed by atoms with Crippen LogP contribution in [0.4, 0.5) is 5.69 Å². The summed E-state index contributed by atoms with van der Waals surface area (Å²) in [6.45, 7) is 8.46. The Bertz CT molecular complexity index is 371. The number of nitrogens with one attached hydrogen (secondary N) is 1. The first kappa shape index (κ1) is 13.8. The van der Waals surface area contributed by atoms with Gasteiger partial charge < -0.3 is 5.32 Å². The Balaban J connectivity index is 2.80. The van der Waals surface area contributed by atoms with Crippen molar-refractivity contribution in [3.05, 3.63) is 29.8 Å². The highest BCUT2D eigenvalue weighted by atomic mass is 16.1. The van der Waals surface area contributed by atoms with E-state index in [9.17, 15) is 4.79 Å². The summed E-state index contributed by atoms with van der Waals surface area (Å²) in [6, 6.07) is 8.08. The molecule has 0 aliphatic carbocycles. The van der Waals surface area contributed by atoms with Crippen LogP contribution >= 0.6 is 0 Å². The normalized spacial score (nSPS) is 12.5. The molecular weight excluding hydrogens is 210 g/mol. The van der Waals surface area contributed by atoms with Crippen molar-refractivity contribution in [2.75, 3.05) is 5.32 Å². The number of carbonyl (C=O) groups excluding carboxylic acids is 1. The van der Waals surface area contributed by atoms with Crippen molar-refractivity contribution >= 4 is 11.6 Å². The van der Waals surface area contributed by atoms with Crippen LogP contribution in [0, 0.1) is 5.92 Å².